The van der Waals surface area contributed by atoms with Crippen molar-refractivity contribution in [3.63, 3.8) is 0 Å². The first-order chi connectivity index (χ1) is 9.35. The number of likely N-dealkylation sites (N-methyl/N-ethyl adjacent to an activating group) is 1. The summed E-state index contributed by atoms with van der Waals surface area (Å²) >= 11 is 0. The van der Waals surface area contributed by atoms with E-state index in [2.05, 4.69) is 5.32 Å². The van der Waals surface area contributed by atoms with Crippen LogP contribution in [0.4, 0.5) is 11.4 Å². The summed E-state index contributed by atoms with van der Waals surface area (Å²) in [5, 5.41) is 2.85. The average Bonchev–Trinajstić information content (AvgIpc) is 2.35. The summed E-state index contributed by atoms with van der Waals surface area (Å²) in [5.41, 5.74) is 7.56. The van der Waals surface area contributed by atoms with Crippen LogP contribution in [0, 0.1) is 0 Å². The normalized spacial score (nSPS) is 10.4. The summed E-state index contributed by atoms with van der Waals surface area (Å²) in [6.45, 7) is 8.23. The molecule has 5 nitrogen and oxygen atoms in total. The van der Waals surface area contributed by atoms with Gasteiger partial charge in [-0.3, -0.25) is 9.59 Å². The third-order valence-corrected chi connectivity index (χ3v) is 2.95. The van der Waals surface area contributed by atoms with E-state index in [1.807, 2.05) is 31.7 Å². The average molecular weight is 277 g/mol. The van der Waals surface area contributed by atoms with Crippen molar-refractivity contribution in [2.45, 2.75) is 33.7 Å². The molecule has 0 atom stereocenters. The van der Waals surface area contributed by atoms with Crippen LogP contribution in [-0.2, 0) is 4.79 Å². The SMILES string of the molecule is CCN(CC(=O)NC(C)C)c1ccc(N)c(C(C)=O)c1. The predicted octanol–water partition coefficient (Wildman–Crippen LogP) is 1.82. The Morgan fingerprint density at radius 1 is 1.35 bits per heavy atom. The summed E-state index contributed by atoms with van der Waals surface area (Å²) in [4.78, 5) is 25.3. The van der Waals surface area contributed by atoms with Crippen molar-refractivity contribution in [1.82, 2.24) is 5.32 Å². The highest BCUT2D eigenvalue weighted by molar-refractivity contribution is 6.00. The van der Waals surface area contributed by atoms with Crippen LogP contribution in [0.3, 0.4) is 0 Å². The molecule has 3 N–H and O–H groups in total. The third kappa shape index (κ3) is 4.26. The molecule has 0 unspecified atom stereocenters. The number of nitrogens with two attached hydrogens (primary N) is 1. The van der Waals surface area contributed by atoms with E-state index in [0.29, 0.717) is 17.8 Å². The number of carbonyl (C=O) groups is 2. The van der Waals surface area contributed by atoms with E-state index >= 15 is 0 Å². The van der Waals surface area contributed by atoms with Crippen LogP contribution in [0.2, 0.25) is 0 Å². The number of hydrogen-bond donors (Lipinski definition) is 2. The molecule has 0 aromatic heterocycles. The van der Waals surface area contributed by atoms with Crippen molar-refractivity contribution in [3.8, 4) is 0 Å². The van der Waals surface area contributed by atoms with Gasteiger partial charge in [0.25, 0.3) is 0 Å². The zero-order chi connectivity index (χ0) is 15.3. The van der Waals surface area contributed by atoms with E-state index in [-0.39, 0.29) is 24.3 Å². The van der Waals surface area contributed by atoms with Crippen molar-refractivity contribution >= 4 is 23.1 Å². The fraction of sp³-hybridized carbons (Fsp3) is 0.467. The van der Waals surface area contributed by atoms with Gasteiger partial charge in [-0.15, -0.1) is 0 Å². The fourth-order valence-electron chi connectivity index (χ4n) is 1.97. The Kier molecular flexibility index (Phi) is 5.55. The summed E-state index contributed by atoms with van der Waals surface area (Å²) in [7, 11) is 0. The summed E-state index contributed by atoms with van der Waals surface area (Å²) < 4.78 is 0. The maximum atomic E-state index is 11.8. The lowest BCUT2D eigenvalue weighted by molar-refractivity contribution is -0.120. The molecule has 0 radical (unpaired) electrons. The molecule has 1 aromatic rings. The molecule has 0 heterocycles. The van der Waals surface area contributed by atoms with Crippen LogP contribution in [-0.4, -0.2) is 30.8 Å². The lowest BCUT2D eigenvalue weighted by Gasteiger charge is -2.24. The molecular weight excluding hydrogens is 254 g/mol. The predicted molar refractivity (Wildman–Crippen MR) is 82.0 cm³/mol. The highest BCUT2D eigenvalue weighted by atomic mass is 16.2. The van der Waals surface area contributed by atoms with Gasteiger partial charge in [-0.25, -0.2) is 0 Å². The quantitative estimate of drug-likeness (QED) is 0.614. The molecule has 110 valence electrons. The van der Waals surface area contributed by atoms with Gasteiger partial charge in [0, 0.05) is 29.5 Å². The van der Waals surface area contributed by atoms with E-state index in [1.165, 1.54) is 6.92 Å². The molecule has 1 aromatic carbocycles. The van der Waals surface area contributed by atoms with Crippen LogP contribution in [0.15, 0.2) is 18.2 Å². The molecule has 20 heavy (non-hydrogen) atoms. The van der Waals surface area contributed by atoms with Gasteiger partial charge in [0.1, 0.15) is 0 Å². The van der Waals surface area contributed by atoms with Gasteiger partial charge in [0.15, 0.2) is 5.78 Å². The van der Waals surface area contributed by atoms with Gasteiger partial charge >= 0.3 is 0 Å². The van der Waals surface area contributed by atoms with Gasteiger partial charge in [-0.05, 0) is 45.9 Å². The number of anilines is 2. The second-order valence-corrected chi connectivity index (χ2v) is 5.06. The molecule has 0 bridgehead atoms. The fourth-order valence-corrected chi connectivity index (χ4v) is 1.97. The topological polar surface area (TPSA) is 75.4 Å². The first kappa shape index (κ1) is 16.0. The molecule has 1 rings (SSSR count). The summed E-state index contributed by atoms with van der Waals surface area (Å²) in [6, 6.07) is 5.38. The van der Waals surface area contributed by atoms with Crippen LogP contribution < -0.4 is 16.0 Å². The number of nitrogens with zero attached hydrogens (tertiary/aromatic N) is 1. The Morgan fingerprint density at radius 3 is 2.50 bits per heavy atom. The third-order valence-electron chi connectivity index (χ3n) is 2.95. The maximum Gasteiger partial charge on any atom is 0.239 e. The number of hydrogen-bond acceptors (Lipinski definition) is 4. The van der Waals surface area contributed by atoms with Crippen molar-refractivity contribution < 1.29 is 9.59 Å². The number of ketones is 1. The first-order valence-electron chi connectivity index (χ1n) is 6.80. The molecule has 0 saturated heterocycles. The number of benzene rings is 1. The summed E-state index contributed by atoms with van der Waals surface area (Å²) in [6.07, 6.45) is 0. The summed E-state index contributed by atoms with van der Waals surface area (Å²) in [5.74, 6) is -0.116. The van der Waals surface area contributed by atoms with Gasteiger partial charge in [-0.2, -0.15) is 0 Å². The minimum atomic E-state index is -0.0768. The van der Waals surface area contributed by atoms with E-state index in [1.54, 1.807) is 12.1 Å². The van der Waals surface area contributed by atoms with E-state index in [9.17, 15) is 9.59 Å². The van der Waals surface area contributed by atoms with Gasteiger partial charge in [-0.1, -0.05) is 0 Å². The minimum Gasteiger partial charge on any atom is -0.398 e. The Morgan fingerprint density at radius 2 is 2.00 bits per heavy atom. The van der Waals surface area contributed by atoms with Crippen molar-refractivity contribution in [3.05, 3.63) is 23.8 Å². The minimum absolute atomic E-state index is 0.0388. The van der Waals surface area contributed by atoms with Crippen molar-refractivity contribution in [2.24, 2.45) is 0 Å². The Labute approximate surface area is 120 Å². The molecule has 0 spiro atoms. The largest absolute Gasteiger partial charge is 0.398 e. The maximum absolute atomic E-state index is 11.8. The number of nitrogens with one attached hydrogen (secondary N) is 1. The zero-order valence-electron chi connectivity index (χ0n) is 12.6. The van der Waals surface area contributed by atoms with Crippen LogP contribution in [0.25, 0.3) is 0 Å². The first-order valence-corrected chi connectivity index (χ1v) is 6.80. The highest BCUT2D eigenvalue weighted by Crippen LogP contribution is 2.21. The van der Waals surface area contributed by atoms with E-state index in [4.69, 9.17) is 5.73 Å². The lowest BCUT2D eigenvalue weighted by Crippen LogP contribution is -2.40. The standard InChI is InChI=1S/C15H23N3O2/c1-5-18(9-15(20)17-10(2)3)12-6-7-14(16)13(8-12)11(4)19/h6-8,10H,5,9,16H2,1-4H3,(H,17,20). The van der Waals surface area contributed by atoms with Crippen molar-refractivity contribution in [2.75, 3.05) is 23.7 Å². The Balaban J connectivity index is 2.92. The number of amides is 1. The van der Waals surface area contributed by atoms with Gasteiger partial charge < -0.3 is 16.0 Å². The number of rotatable bonds is 6. The Bertz CT molecular complexity index is 498. The van der Waals surface area contributed by atoms with Crippen molar-refractivity contribution in [1.29, 1.82) is 0 Å². The van der Waals surface area contributed by atoms with Crippen LogP contribution in [0.1, 0.15) is 38.1 Å². The monoisotopic (exact) mass is 277 g/mol. The number of carbonyl (C=O) groups excluding carboxylic acids is 2. The zero-order valence-corrected chi connectivity index (χ0v) is 12.6. The van der Waals surface area contributed by atoms with Crippen LogP contribution >= 0.6 is 0 Å². The van der Waals surface area contributed by atoms with E-state index in [0.717, 1.165) is 5.69 Å². The van der Waals surface area contributed by atoms with E-state index < -0.39 is 0 Å². The molecule has 0 aliphatic carbocycles. The molecule has 0 saturated carbocycles. The molecule has 0 fully saturated rings. The number of Topliss-reactive ketones (excluding diaryl/α,β-unsaturated/α-hetero) is 1. The van der Waals surface area contributed by atoms with Gasteiger partial charge in [0.05, 0.1) is 6.54 Å². The number of nitrogen functional groups attached to an aromatic ring is 1. The molecule has 0 aliphatic rings. The van der Waals surface area contributed by atoms with Crippen LogP contribution in [0.5, 0.6) is 0 Å². The lowest BCUT2D eigenvalue weighted by atomic mass is 10.1. The second-order valence-electron chi connectivity index (χ2n) is 5.06. The Hall–Kier alpha value is -2.04. The second kappa shape index (κ2) is 6.93. The highest BCUT2D eigenvalue weighted by Gasteiger charge is 2.13. The molecule has 5 heteroatoms. The molecular formula is C15H23N3O2. The molecule has 0 aliphatic heterocycles. The molecule has 1 amide bonds. The van der Waals surface area contributed by atoms with Gasteiger partial charge in [0.2, 0.25) is 5.91 Å². The smallest absolute Gasteiger partial charge is 0.239 e.